The lowest BCUT2D eigenvalue weighted by molar-refractivity contribution is 0.624. The molecule has 0 aliphatic heterocycles. The van der Waals surface area contributed by atoms with E-state index in [1.165, 1.54) is 6.07 Å². The molecule has 0 aliphatic rings. The first-order chi connectivity index (χ1) is 7.74. The van der Waals surface area contributed by atoms with E-state index >= 15 is 0 Å². The van der Waals surface area contributed by atoms with Crippen molar-refractivity contribution in [3.63, 3.8) is 0 Å². The van der Waals surface area contributed by atoms with Crippen molar-refractivity contribution in [2.24, 2.45) is 0 Å². The minimum absolute atomic E-state index is 0.0237. The van der Waals surface area contributed by atoms with Gasteiger partial charge in [-0.2, -0.15) is 5.26 Å². The molecule has 0 amide bonds. The molecule has 2 aromatic rings. The number of hydrogen-bond acceptors (Lipinski definition) is 1. The summed E-state index contributed by atoms with van der Waals surface area (Å²) in [6, 6.07) is 13.4. The molecule has 0 aliphatic carbocycles. The van der Waals surface area contributed by atoms with Gasteiger partial charge in [-0.25, -0.2) is 4.39 Å². The van der Waals surface area contributed by atoms with E-state index in [1.54, 1.807) is 36.4 Å². The molecule has 78 valence electrons. The molecule has 0 atom stereocenters. The summed E-state index contributed by atoms with van der Waals surface area (Å²) in [5, 5.41) is 9.42. The quantitative estimate of drug-likeness (QED) is 0.727. The van der Waals surface area contributed by atoms with Crippen molar-refractivity contribution in [2.75, 3.05) is 0 Å². The van der Waals surface area contributed by atoms with Crippen LogP contribution in [0.15, 0.2) is 42.5 Å². The highest BCUT2D eigenvalue weighted by atomic mass is 35.5. The molecule has 0 heterocycles. The number of hydrogen-bond donors (Lipinski definition) is 0. The van der Waals surface area contributed by atoms with Gasteiger partial charge in [-0.15, -0.1) is 0 Å². The van der Waals surface area contributed by atoms with Crippen molar-refractivity contribution < 1.29 is 4.39 Å². The van der Waals surface area contributed by atoms with E-state index in [4.69, 9.17) is 16.9 Å². The lowest BCUT2D eigenvalue weighted by Crippen LogP contribution is -1.89. The average Bonchev–Trinajstić information content (AvgIpc) is 2.29. The number of nitriles is 1. The third-order valence-electron chi connectivity index (χ3n) is 2.29. The Morgan fingerprint density at radius 1 is 1.00 bits per heavy atom. The first-order valence-electron chi connectivity index (χ1n) is 4.67. The van der Waals surface area contributed by atoms with Crippen molar-refractivity contribution in [1.29, 1.82) is 5.26 Å². The molecule has 0 saturated carbocycles. The molecule has 0 spiro atoms. The van der Waals surface area contributed by atoms with E-state index < -0.39 is 5.82 Å². The lowest BCUT2D eigenvalue weighted by Gasteiger charge is -2.06. The van der Waals surface area contributed by atoms with Gasteiger partial charge in [-0.05, 0) is 12.1 Å². The Kier molecular flexibility index (Phi) is 2.89. The third kappa shape index (κ3) is 1.78. The minimum Gasteiger partial charge on any atom is -0.206 e. The van der Waals surface area contributed by atoms with Crippen LogP contribution in [0.25, 0.3) is 11.1 Å². The molecule has 0 unspecified atom stereocenters. The second-order valence-electron chi connectivity index (χ2n) is 3.25. The Morgan fingerprint density at radius 3 is 2.38 bits per heavy atom. The predicted molar refractivity (Wildman–Crippen MR) is 61.6 cm³/mol. The van der Waals surface area contributed by atoms with Gasteiger partial charge in [0, 0.05) is 16.1 Å². The molecule has 0 aromatic heterocycles. The van der Waals surface area contributed by atoms with Gasteiger partial charge >= 0.3 is 0 Å². The van der Waals surface area contributed by atoms with Gasteiger partial charge in [0.05, 0.1) is 5.56 Å². The van der Waals surface area contributed by atoms with Crippen LogP contribution in [0.4, 0.5) is 4.39 Å². The monoisotopic (exact) mass is 231 g/mol. The Labute approximate surface area is 97.7 Å². The highest BCUT2D eigenvalue weighted by molar-refractivity contribution is 6.33. The lowest BCUT2D eigenvalue weighted by atomic mass is 10.00. The van der Waals surface area contributed by atoms with Gasteiger partial charge in [0.1, 0.15) is 11.9 Å². The molecule has 2 rings (SSSR count). The summed E-state index contributed by atoms with van der Waals surface area (Å²) in [6.45, 7) is 0. The Bertz CT molecular complexity index is 572. The summed E-state index contributed by atoms with van der Waals surface area (Å²) in [6.07, 6.45) is 0. The molecule has 0 saturated heterocycles. The SMILES string of the molecule is N#Cc1c(F)cccc1-c1ccccc1Cl. The van der Waals surface area contributed by atoms with Crippen LogP contribution >= 0.6 is 11.6 Å². The van der Waals surface area contributed by atoms with Crippen molar-refractivity contribution in [1.82, 2.24) is 0 Å². The van der Waals surface area contributed by atoms with Crippen molar-refractivity contribution in [2.45, 2.75) is 0 Å². The molecule has 16 heavy (non-hydrogen) atoms. The number of nitrogens with zero attached hydrogens (tertiary/aromatic N) is 1. The fraction of sp³-hybridized carbons (Fsp3) is 0. The summed E-state index contributed by atoms with van der Waals surface area (Å²) in [4.78, 5) is 0. The third-order valence-corrected chi connectivity index (χ3v) is 2.62. The Balaban J connectivity index is 2.71. The van der Waals surface area contributed by atoms with Crippen LogP contribution < -0.4 is 0 Å². The van der Waals surface area contributed by atoms with Gasteiger partial charge in [0.15, 0.2) is 0 Å². The molecule has 0 N–H and O–H groups in total. The van der Waals surface area contributed by atoms with Gasteiger partial charge in [0.2, 0.25) is 0 Å². The average molecular weight is 232 g/mol. The summed E-state index contributed by atoms with van der Waals surface area (Å²) >= 11 is 6.01. The maximum Gasteiger partial charge on any atom is 0.141 e. The van der Waals surface area contributed by atoms with Gasteiger partial charge in [-0.1, -0.05) is 41.9 Å². The summed E-state index contributed by atoms with van der Waals surface area (Å²) in [5.74, 6) is -0.528. The fourth-order valence-corrected chi connectivity index (χ4v) is 1.78. The Hall–Kier alpha value is -1.85. The largest absolute Gasteiger partial charge is 0.206 e. The number of rotatable bonds is 1. The van der Waals surface area contributed by atoms with Gasteiger partial charge in [0.25, 0.3) is 0 Å². The van der Waals surface area contributed by atoms with Crippen LogP contribution in [-0.4, -0.2) is 0 Å². The molecule has 1 nitrogen and oxygen atoms in total. The summed E-state index contributed by atoms with van der Waals surface area (Å²) in [5.41, 5.74) is 1.21. The minimum atomic E-state index is -0.528. The highest BCUT2D eigenvalue weighted by Gasteiger charge is 2.11. The van der Waals surface area contributed by atoms with Crippen LogP contribution in [-0.2, 0) is 0 Å². The Morgan fingerprint density at radius 2 is 1.69 bits per heavy atom. The second kappa shape index (κ2) is 4.34. The van der Waals surface area contributed by atoms with E-state index in [0.29, 0.717) is 16.1 Å². The molecule has 0 radical (unpaired) electrons. The zero-order valence-electron chi connectivity index (χ0n) is 8.24. The smallest absolute Gasteiger partial charge is 0.141 e. The molecular formula is C13H7ClFN. The zero-order valence-corrected chi connectivity index (χ0v) is 9.00. The van der Waals surface area contributed by atoms with Gasteiger partial charge < -0.3 is 0 Å². The van der Waals surface area contributed by atoms with Crippen LogP contribution in [0.2, 0.25) is 5.02 Å². The maximum atomic E-state index is 13.4. The van der Waals surface area contributed by atoms with E-state index in [2.05, 4.69) is 0 Å². The number of benzene rings is 2. The summed E-state index contributed by atoms with van der Waals surface area (Å²) in [7, 11) is 0. The maximum absolute atomic E-state index is 13.4. The highest BCUT2D eigenvalue weighted by Crippen LogP contribution is 2.30. The molecule has 0 bridgehead atoms. The van der Waals surface area contributed by atoms with Crippen LogP contribution in [0.3, 0.4) is 0 Å². The standard InChI is InChI=1S/C13H7ClFN/c14-12-6-2-1-4-10(12)9-5-3-7-13(15)11(9)8-16/h1-7H. The fourth-order valence-electron chi connectivity index (χ4n) is 1.54. The van der Waals surface area contributed by atoms with E-state index in [9.17, 15) is 4.39 Å². The van der Waals surface area contributed by atoms with Crippen molar-refractivity contribution in [3.05, 3.63) is 58.9 Å². The first-order valence-corrected chi connectivity index (χ1v) is 5.05. The van der Waals surface area contributed by atoms with E-state index in [-0.39, 0.29) is 5.56 Å². The van der Waals surface area contributed by atoms with Crippen molar-refractivity contribution in [3.8, 4) is 17.2 Å². The second-order valence-corrected chi connectivity index (χ2v) is 3.66. The van der Waals surface area contributed by atoms with E-state index in [1.807, 2.05) is 6.07 Å². The number of halogens is 2. The molecule has 3 heteroatoms. The summed E-state index contributed by atoms with van der Waals surface area (Å²) < 4.78 is 13.4. The van der Waals surface area contributed by atoms with Gasteiger partial charge in [-0.3, -0.25) is 0 Å². The first kappa shape index (κ1) is 10.7. The molecule has 0 fully saturated rings. The van der Waals surface area contributed by atoms with Crippen molar-refractivity contribution >= 4 is 11.6 Å². The van der Waals surface area contributed by atoms with Crippen LogP contribution in [0, 0.1) is 17.1 Å². The predicted octanol–water partition coefficient (Wildman–Crippen LogP) is 4.02. The van der Waals surface area contributed by atoms with Crippen LogP contribution in [0.5, 0.6) is 0 Å². The normalized spacial score (nSPS) is 9.81. The zero-order chi connectivity index (χ0) is 11.5. The van der Waals surface area contributed by atoms with Crippen LogP contribution in [0.1, 0.15) is 5.56 Å². The molecular weight excluding hydrogens is 225 g/mol. The molecule has 2 aromatic carbocycles. The topological polar surface area (TPSA) is 23.8 Å². The van der Waals surface area contributed by atoms with E-state index in [0.717, 1.165) is 0 Å².